The van der Waals surface area contributed by atoms with Crippen molar-refractivity contribution in [3.63, 3.8) is 0 Å². The van der Waals surface area contributed by atoms with E-state index in [1.807, 2.05) is 0 Å². The lowest BCUT2D eigenvalue weighted by atomic mass is 10.2. The van der Waals surface area contributed by atoms with E-state index in [9.17, 15) is 13.2 Å². The third-order valence-corrected chi connectivity index (χ3v) is 5.76. The summed E-state index contributed by atoms with van der Waals surface area (Å²) in [7, 11) is -0.628. The molecule has 0 fully saturated rings. The number of carbonyl (C=O) groups is 1. The van der Waals surface area contributed by atoms with Gasteiger partial charge in [-0.25, -0.2) is 12.7 Å². The molecule has 0 bridgehead atoms. The Morgan fingerprint density at radius 2 is 1.92 bits per heavy atom. The van der Waals surface area contributed by atoms with Crippen LogP contribution in [0.4, 0.5) is 5.69 Å². The standard InChI is InChI=1S/C15H14BrN5O3S/c1-20(2)25(23,24)12-5-3-10(4-6-12)15(22)18-13-7-11(16)8-21-9-17-19-14(13)21/h3-9H,1-2H3,(H,18,22). The summed E-state index contributed by atoms with van der Waals surface area (Å²) in [5, 5.41) is 10.5. The lowest BCUT2D eigenvalue weighted by Crippen LogP contribution is -2.22. The zero-order valence-corrected chi connectivity index (χ0v) is 15.7. The highest BCUT2D eigenvalue weighted by Gasteiger charge is 2.18. The summed E-state index contributed by atoms with van der Waals surface area (Å²) in [6.07, 6.45) is 3.29. The molecule has 3 rings (SSSR count). The summed E-state index contributed by atoms with van der Waals surface area (Å²) >= 11 is 3.36. The van der Waals surface area contributed by atoms with Crippen LogP contribution in [0.2, 0.25) is 0 Å². The number of halogens is 1. The van der Waals surface area contributed by atoms with Crippen molar-refractivity contribution in [3.05, 3.63) is 52.9 Å². The number of benzene rings is 1. The number of aromatic nitrogens is 3. The average Bonchev–Trinajstić information content (AvgIpc) is 3.03. The second-order valence-corrected chi connectivity index (χ2v) is 8.47. The van der Waals surface area contributed by atoms with Gasteiger partial charge in [0, 0.05) is 30.3 Å². The third-order valence-electron chi connectivity index (χ3n) is 3.50. The average molecular weight is 424 g/mol. The summed E-state index contributed by atoms with van der Waals surface area (Å²) < 4.78 is 27.7. The molecule has 0 radical (unpaired) electrons. The van der Waals surface area contributed by atoms with Gasteiger partial charge in [0.05, 0.1) is 10.6 Å². The molecule has 3 aromatic rings. The Morgan fingerprint density at radius 1 is 1.24 bits per heavy atom. The maximum Gasteiger partial charge on any atom is 0.255 e. The second kappa shape index (κ2) is 6.54. The van der Waals surface area contributed by atoms with Crippen molar-refractivity contribution in [3.8, 4) is 0 Å². The Kier molecular flexibility index (Phi) is 4.58. The highest BCUT2D eigenvalue weighted by atomic mass is 79.9. The van der Waals surface area contributed by atoms with E-state index in [0.717, 1.165) is 8.78 Å². The van der Waals surface area contributed by atoms with E-state index >= 15 is 0 Å². The van der Waals surface area contributed by atoms with E-state index < -0.39 is 10.0 Å². The lowest BCUT2D eigenvalue weighted by Gasteiger charge is -2.12. The van der Waals surface area contributed by atoms with Gasteiger partial charge in [0.25, 0.3) is 5.91 Å². The summed E-state index contributed by atoms with van der Waals surface area (Å²) in [5.41, 5.74) is 1.32. The molecule has 0 atom stereocenters. The molecule has 2 aromatic heterocycles. The Morgan fingerprint density at radius 3 is 2.56 bits per heavy atom. The van der Waals surface area contributed by atoms with Crippen LogP contribution in [0.3, 0.4) is 0 Å². The van der Waals surface area contributed by atoms with Crippen molar-refractivity contribution in [2.45, 2.75) is 4.90 Å². The molecule has 0 unspecified atom stereocenters. The Labute approximate surface area is 152 Å². The quantitative estimate of drug-likeness (QED) is 0.691. The zero-order valence-electron chi connectivity index (χ0n) is 13.3. The van der Waals surface area contributed by atoms with E-state index in [1.54, 1.807) is 16.7 Å². The summed E-state index contributed by atoms with van der Waals surface area (Å²) in [5.74, 6) is -0.378. The Bertz CT molecular complexity index is 1040. The number of anilines is 1. The lowest BCUT2D eigenvalue weighted by molar-refractivity contribution is 0.102. The number of nitrogens with zero attached hydrogens (tertiary/aromatic N) is 4. The molecular weight excluding hydrogens is 410 g/mol. The molecule has 1 N–H and O–H groups in total. The number of hydrogen-bond acceptors (Lipinski definition) is 5. The molecule has 2 heterocycles. The van der Waals surface area contributed by atoms with Crippen LogP contribution in [0, 0.1) is 0 Å². The van der Waals surface area contributed by atoms with Crippen LogP contribution in [0.25, 0.3) is 5.65 Å². The van der Waals surface area contributed by atoms with Crippen molar-refractivity contribution in [2.75, 3.05) is 19.4 Å². The topological polar surface area (TPSA) is 96.7 Å². The van der Waals surface area contributed by atoms with Crippen LogP contribution >= 0.6 is 15.9 Å². The van der Waals surface area contributed by atoms with Crippen molar-refractivity contribution in [2.24, 2.45) is 0 Å². The van der Waals surface area contributed by atoms with Crippen molar-refractivity contribution >= 4 is 43.2 Å². The number of sulfonamides is 1. The van der Waals surface area contributed by atoms with Gasteiger partial charge >= 0.3 is 0 Å². The highest BCUT2D eigenvalue weighted by Crippen LogP contribution is 2.22. The van der Waals surface area contributed by atoms with Gasteiger partial charge in [0.2, 0.25) is 10.0 Å². The molecule has 25 heavy (non-hydrogen) atoms. The monoisotopic (exact) mass is 423 g/mol. The SMILES string of the molecule is CN(C)S(=O)(=O)c1ccc(C(=O)Nc2cc(Br)cn3cnnc23)cc1. The molecule has 0 saturated heterocycles. The number of fused-ring (bicyclic) bond motifs is 1. The van der Waals surface area contributed by atoms with Crippen LogP contribution in [0.1, 0.15) is 10.4 Å². The van der Waals surface area contributed by atoms with E-state index in [2.05, 4.69) is 31.4 Å². The van der Waals surface area contributed by atoms with Crippen molar-refractivity contribution in [1.29, 1.82) is 0 Å². The van der Waals surface area contributed by atoms with E-state index in [1.165, 1.54) is 44.7 Å². The van der Waals surface area contributed by atoms with E-state index in [0.29, 0.717) is 16.9 Å². The Hall–Kier alpha value is -2.30. The summed E-state index contributed by atoms with van der Waals surface area (Å²) in [6, 6.07) is 7.44. The van der Waals surface area contributed by atoms with Crippen molar-refractivity contribution in [1.82, 2.24) is 18.9 Å². The fourth-order valence-electron chi connectivity index (χ4n) is 2.18. The maximum absolute atomic E-state index is 12.4. The fraction of sp³-hybridized carbons (Fsp3) is 0.133. The molecule has 0 spiro atoms. The highest BCUT2D eigenvalue weighted by molar-refractivity contribution is 9.10. The number of carbonyl (C=O) groups excluding carboxylic acids is 1. The van der Waals surface area contributed by atoms with Gasteiger partial charge in [-0.15, -0.1) is 10.2 Å². The minimum atomic E-state index is -3.53. The Balaban J connectivity index is 1.87. The van der Waals surface area contributed by atoms with Gasteiger partial charge in [-0.2, -0.15) is 0 Å². The molecule has 1 aromatic carbocycles. The number of pyridine rings is 1. The predicted octanol–water partition coefficient (Wildman–Crippen LogP) is 1.99. The molecule has 10 heteroatoms. The molecule has 130 valence electrons. The summed E-state index contributed by atoms with van der Waals surface area (Å²) in [6.45, 7) is 0. The minimum absolute atomic E-state index is 0.122. The van der Waals surface area contributed by atoms with Gasteiger partial charge in [-0.05, 0) is 46.3 Å². The number of rotatable bonds is 4. The van der Waals surface area contributed by atoms with E-state index in [-0.39, 0.29) is 10.8 Å². The van der Waals surface area contributed by atoms with Crippen LogP contribution in [-0.2, 0) is 10.0 Å². The second-order valence-electron chi connectivity index (χ2n) is 5.40. The van der Waals surface area contributed by atoms with Gasteiger partial charge in [0.1, 0.15) is 6.33 Å². The first-order valence-electron chi connectivity index (χ1n) is 7.12. The molecule has 0 saturated carbocycles. The number of nitrogens with one attached hydrogen (secondary N) is 1. The predicted molar refractivity (Wildman–Crippen MR) is 96.0 cm³/mol. The van der Waals surface area contributed by atoms with Gasteiger partial charge in [0.15, 0.2) is 5.65 Å². The maximum atomic E-state index is 12.4. The first kappa shape index (κ1) is 17.5. The fourth-order valence-corrected chi connectivity index (χ4v) is 3.53. The summed E-state index contributed by atoms with van der Waals surface area (Å²) in [4.78, 5) is 12.6. The molecule has 0 aliphatic carbocycles. The molecule has 0 aliphatic heterocycles. The molecular formula is C15H14BrN5O3S. The van der Waals surface area contributed by atoms with Gasteiger partial charge in [-0.3, -0.25) is 9.20 Å². The largest absolute Gasteiger partial charge is 0.319 e. The van der Waals surface area contributed by atoms with E-state index in [4.69, 9.17) is 0 Å². The van der Waals surface area contributed by atoms with Crippen LogP contribution < -0.4 is 5.32 Å². The first-order chi connectivity index (χ1) is 11.8. The number of hydrogen-bond donors (Lipinski definition) is 1. The first-order valence-corrected chi connectivity index (χ1v) is 9.35. The van der Waals surface area contributed by atoms with Crippen LogP contribution in [-0.4, -0.2) is 47.3 Å². The van der Waals surface area contributed by atoms with Gasteiger partial charge < -0.3 is 5.32 Å². The van der Waals surface area contributed by atoms with Crippen molar-refractivity contribution < 1.29 is 13.2 Å². The normalized spacial score (nSPS) is 11.8. The number of amides is 1. The minimum Gasteiger partial charge on any atom is -0.319 e. The smallest absolute Gasteiger partial charge is 0.255 e. The third kappa shape index (κ3) is 3.41. The molecule has 1 amide bonds. The molecule has 8 nitrogen and oxygen atoms in total. The van der Waals surface area contributed by atoms with Crippen LogP contribution in [0.5, 0.6) is 0 Å². The zero-order chi connectivity index (χ0) is 18.2. The molecule has 0 aliphatic rings. The van der Waals surface area contributed by atoms with Gasteiger partial charge in [-0.1, -0.05) is 0 Å². The van der Waals surface area contributed by atoms with Crippen LogP contribution in [0.15, 0.2) is 52.2 Å².